The Balaban J connectivity index is 1.67. The average molecular weight is 300 g/mol. The van der Waals surface area contributed by atoms with E-state index in [0.29, 0.717) is 6.54 Å². The van der Waals surface area contributed by atoms with Gasteiger partial charge < -0.3 is 10.2 Å². The minimum Gasteiger partial charge on any atom is -0.355 e. The maximum atomic E-state index is 12.5. The highest BCUT2D eigenvalue weighted by Crippen LogP contribution is 2.22. The number of hydrogen-bond acceptors (Lipinski definition) is 5. The van der Waals surface area contributed by atoms with Gasteiger partial charge in [0.15, 0.2) is 0 Å². The Morgan fingerprint density at radius 2 is 2.27 bits per heavy atom. The summed E-state index contributed by atoms with van der Waals surface area (Å²) in [5.74, 6) is 1.55. The molecule has 116 valence electrons. The lowest BCUT2D eigenvalue weighted by atomic mass is 9.97. The maximum Gasteiger partial charge on any atom is 0.230 e. The number of anilines is 2. The number of amides is 1. The molecule has 1 aliphatic rings. The summed E-state index contributed by atoms with van der Waals surface area (Å²) in [5.41, 5.74) is 0.891. The summed E-state index contributed by atoms with van der Waals surface area (Å²) in [6.45, 7) is 3.49. The standard InChI is InChI=1S/C15H20N6O/c1-11-8-13(20(2)19-11)18-15(22)12-4-3-7-21(10-12)14-9-16-5-6-17-14/h5-6,8-9,12H,3-4,7,10H2,1-2H3,(H,18,22). The molecule has 0 aromatic carbocycles. The summed E-state index contributed by atoms with van der Waals surface area (Å²) in [5, 5.41) is 7.22. The van der Waals surface area contributed by atoms with Crippen molar-refractivity contribution in [2.75, 3.05) is 23.3 Å². The highest BCUT2D eigenvalue weighted by Gasteiger charge is 2.27. The zero-order chi connectivity index (χ0) is 15.5. The third-order valence-electron chi connectivity index (χ3n) is 3.92. The molecule has 1 amide bonds. The molecule has 2 aromatic rings. The number of aromatic nitrogens is 4. The van der Waals surface area contributed by atoms with Crippen molar-refractivity contribution in [2.24, 2.45) is 13.0 Å². The van der Waals surface area contributed by atoms with Crippen LogP contribution in [-0.2, 0) is 11.8 Å². The van der Waals surface area contributed by atoms with Gasteiger partial charge in [-0.05, 0) is 19.8 Å². The number of nitrogens with one attached hydrogen (secondary N) is 1. The largest absolute Gasteiger partial charge is 0.355 e. The van der Waals surface area contributed by atoms with Crippen LogP contribution in [0.2, 0.25) is 0 Å². The first-order chi connectivity index (χ1) is 10.6. The van der Waals surface area contributed by atoms with E-state index in [4.69, 9.17) is 0 Å². The SMILES string of the molecule is Cc1cc(NC(=O)C2CCCN(c3cnccn3)C2)n(C)n1. The lowest BCUT2D eigenvalue weighted by molar-refractivity contribution is -0.120. The van der Waals surface area contributed by atoms with Crippen LogP contribution in [0, 0.1) is 12.8 Å². The van der Waals surface area contributed by atoms with Crippen molar-refractivity contribution in [3.63, 3.8) is 0 Å². The Kier molecular flexibility index (Phi) is 4.04. The van der Waals surface area contributed by atoms with Gasteiger partial charge in [0, 0.05) is 38.6 Å². The molecule has 3 rings (SSSR count). The van der Waals surface area contributed by atoms with Crippen molar-refractivity contribution in [3.8, 4) is 0 Å². The summed E-state index contributed by atoms with van der Waals surface area (Å²) in [6, 6.07) is 1.88. The van der Waals surface area contributed by atoms with Crippen LogP contribution in [0.15, 0.2) is 24.7 Å². The fraction of sp³-hybridized carbons (Fsp3) is 0.467. The Bertz CT molecular complexity index is 653. The van der Waals surface area contributed by atoms with Crippen LogP contribution in [0.1, 0.15) is 18.5 Å². The number of hydrogen-bond donors (Lipinski definition) is 1. The van der Waals surface area contributed by atoms with Crippen molar-refractivity contribution in [2.45, 2.75) is 19.8 Å². The van der Waals surface area contributed by atoms with Crippen molar-refractivity contribution in [1.82, 2.24) is 19.7 Å². The minimum absolute atomic E-state index is 0.0385. The minimum atomic E-state index is -0.0500. The molecule has 3 heterocycles. The van der Waals surface area contributed by atoms with Gasteiger partial charge >= 0.3 is 0 Å². The number of aryl methyl sites for hydroxylation is 2. The molecule has 1 aliphatic heterocycles. The molecule has 1 unspecified atom stereocenters. The van der Waals surface area contributed by atoms with Crippen molar-refractivity contribution in [3.05, 3.63) is 30.4 Å². The van der Waals surface area contributed by atoms with Gasteiger partial charge in [0.25, 0.3) is 0 Å². The molecule has 2 aromatic heterocycles. The molecule has 0 radical (unpaired) electrons. The van der Waals surface area contributed by atoms with Crippen LogP contribution in [0.4, 0.5) is 11.6 Å². The van der Waals surface area contributed by atoms with Gasteiger partial charge in [-0.1, -0.05) is 0 Å². The van der Waals surface area contributed by atoms with Crippen LogP contribution >= 0.6 is 0 Å². The topological polar surface area (TPSA) is 75.9 Å². The number of carbonyl (C=O) groups is 1. The highest BCUT2D eigenvalue weighted by atomic mass is 16.2. The molecular weight excluding hydrogens is 280 g/mol. The number of piperidine rings is 1. The molecule has 0 spiro atoms. The van der Waals surface area contributed by atoms with Crippen molar-refractivity contribution >= 4 is 17.5 Å². The van der Waals surface area contributed by atoms with Crippen LogP contribution in [0.25, 0.3) is 0 Å². The maximum absolute atomic E-state index is 12.5. The molecule has 1 N–H and O–H groups in total. The summed E-state index contributed by atoms with van der Waals surface area (Å²) in [4.78, 5) is 23.0. The zero-order valence-corrected chi connectivity index (χ0v) is 12.9. The van der Waals surface area contributed by atoms with Crippen molar-refractivity contribution in [1.29, 1.82) is 0 Å². The van der Waals surface area contributed by atoms with Gasteiger partial charge in [-0.3, -0.25) is 14.5 Å². The van der Waals surface area contributed by atoms with Crippen LogP contribution in [0.3, 0.4) is 0 Å². The first kappa shape index (κ1) is 14.5. The molecule has 22 heavy (non-hydrogen) atoms. The molecule has 1 fully saturated rings. The second-order valence-corrected chi connectivity index (χ2v) is 5.63. The number of nitrogens with zero attached hydrogens (tertiary/aromatic N) is 5. The van der Waals surface area contributed by atoms with Gasteiger partial charge in [0.2, 0.25) is 5.91 Å². The third kappa shape index (κ3) is 3.08. The van der Waals surface area contributed by atoms with E-state index >= 15 is 0 Å². The fourth-order valence-electron chi connectivity index (χ4n) is 2.81. The predicted octanol–water partition coefficient (Wildman–Crippen LogP) is 1.37. The molecule has 0 aliphatic carbocycles. The molecule has 1 saturated heterocycles. The Morgan fingerprint density at radius 1 is 1.41 bits per heavy atom. The van der Waals surface area contributed by atoms with Gasteiger partial charge in [-0.15, -0.1) is 0 Å². The monoisotopic (exact) mass is 300 g/mol. The van der Waals surface area contributed by atoms with Crippen LogP contribution in [-0.4, -0.2) is 38.7 Å². The zero-order valence-electron chi connectivity index (χ0n) is 12.9. The van der Waals surface area contributed by atoms with E-state index in [1.165, 1.54) is 0 Å². The van der Waals surface area contributed by atoms with Crippen molar-refractivity contribution < 1.29 is 4.79 Å². The Labute approximate surface area is 129 Å². The van der Waals surface area contributed by atoms with E-state index in [9.17, 15) is 4.79 Å². The average Bonchev–Trinajstić information content (AvgIpc) is 2.86. The smallest absolute Gasteiger partial charge is 0.230 e. The molecule has 1 atom stereocenters. The molecular formula is C15H20N6O. The van der Waals surface area contributed by atoms with Gasteiger partial charge in [0.05, 0.1) is 17.8 Å². The summed E-state index contributed by atoms with van der Waals surface area (Å²) in [6.07, 6.45) is 6.93. The highest BCUT2D eigenvalue weighted by molar-refractivity contribution is 5.92. The third-order valence-corrected chi connectivity index (χ3v) is 3.92. The Morgan fingerprint density at radius 3 is 2.95 bits per heavy atom. The first-order valence-electron chi connectivity index (χ1n) is 7.46. The number of rotatable bonds is 3. The number of carbonyl (C=O) groups excluding carboxylic acids is 1. The second-order valence-electron chi connectivity index (χ2n) is 5.63. The molecule has 7 nitrogen and oxygen atoms in total. The summed E-state index contributed by atoms with van der Waals surface area (Å²) in [7, 11) is 1.83. The summed E-state index contributed by atoms with van der Waals surface area (Å²) >= 11 is 0. The van der Waals surface area contributed by atoms with E-state index in [-0.39, 0.29) is 11.8 Å². The van der Waals surface area contributed by atoms with Gasteiger partial charge in [-0.2, -0.15) is 5.10 Å². The normalized spacial score (nSPS) is 18.3. The van der Waals surface area contributed by atoms with Crippen LogP contribution < -0.4 is 10.2 Å². The lowest BCUT2D eigenvalue weighted by Gasteiger charge is -2.32. The van der Waals surface area contributed by atoms with E-state index in [2.05, 4.69) is 25.3 Å². The van der Waals surface area contributed by atoms with E-state index in [1.807, 2.05) is 20.0 Å². The second kappa shape index (κ2) is 6.13. The molecule has 0 bridgehead atoms. The predicted molar refractivity (Wildman–Crippen MR) is 83.5 cm³/mol. The quantitative estimate of drug-likeness (QED) is 0.926. The van der Waals surface area contributed by atoms with Gasteiger partial charge in [0.1, 0.15) is 11.6 Å². The van der Waals surface area contributed by atoms with E-state index in [0.717, 1.165) is 36.7 Å². The van der Waals surface area contributed by atoms with E-state index in [1.54, 1.807) is 23.3 Å². The summed E-state index contributed by atoms with van der Waals surface area (Å²) < 4.78 is 1.69. The molecule has 7 heteroatoms. The van der Waals surface area contributed by atoms with Crippen LogP contribution in [0.5, 0.6) is 0 Å². The first-order valence-corrected chi connectivity index (χ1v) is 7.46. The lowest BCUT2D eigenvalue weighted by Crippen LogP contribution is -2.41. The Hall–Kier alpha value is -2.44. The molecule has 0 saturated carbocycles. The van der Waals surface area contributed by atoms with Gasteiger partial charge in [-0.25, -0.2) is 4.98 Å². The van der Waals surface area contributed by atoms with E-state index < -0.39 is 0 Å². The fourth-order valence-corrected chi connectivity index (χ4v) is 2.81.